The van der Waals surface area contributed by atoms with Gasteiger partial charge in [-0.3, -0.25) is 4.79 Å². The van der Waals surface area contributed by atoms with Crippen LogP contribution in [0.4, 0.5) is 5.69 Å². The molecule has 1 aromatic rings. The number of nitrogens with zero attached hydrogens (tertiary/aromatic N) is 1. The Labute approximate surface area is 131 Å². The number of nitrogens with two attached hydrogens (primary N) is 1. The van der Waals surface area contributed by atoms with Crippen molar-refractivity contribution in [2.24, 2.45) is 0 Å². The molecule has 120 valence electrons. The van der Waals surface area contributed by atoms with Gasteiger partial charge in [0.1, 0.15) is 0 Å². The zero-order valence-corrected chi connectivity index (χ0v) is 13.3. The largest absolute Gasteiger partial charge is 0.452 e. The monoisotopic (exact) mass is 304 g/mol. The Morgan fingerprint density at radius 3 is 2.86 bits per heavy atom. The first-order valence-corrected chi connectivity index (χ1v) is 7.86. The van der Waals surface area contributed by atoms with Gasteiger partial charge >= 0.3 is 5.97 Å². The van der Waals surface area contributed by atoms with Gasteiger partial charge in [-0.1, -0.05) is 19.1 Å². The molecule has 0 bridgehead atoms. The average molecular weight is 304 g/mol. The van der Waals surface area contributed by atoms with Crippen LogP contribution in [0.2, 0.25) is 0 Å². The highest BCUT2D eigenvalue weighted by Gasteiger charge is 2.26. The van der Waals surface area contributed by atoms with E-state index >= 15 is 0 Å². The molecule has 1 aliphatic heterocycles. The van der Waals surface area contributed by atoms with Crippen molar-refractivity contribution >= 4 is 17.6 Å². The predicted molar refractivity (Wildman–Crippen MR) is 85.5 cm³/mol. The number of nitrogen functional groups attached to an aromatic ring is 1. The number of likely N-dealkylation sites (tertiary alicyclic amines) is 1. The van der Waals surface area contributed by atoms with E-state index < -0.39 is 5.97 Å². The van der Waals surface area contributed by atoms with Gasteiger partial charge in [-0.25, -0.2) is 4.79 Å². The van der Waals surface area contributed by atoms with Crippen molar-refractivity contribution in [1.82, 2.24) is 4.90 Å². The molecular weight excluding hydrogens is 280 g/mol. The molecule has 0 radical (unpaired) electrons. The standard InChI is InChI=1S/C17H24N2O3/c1-3-13-8-4-5-10-19(13)15(20)11-22-17(21)14-9-6-7-12(2)16(14)18/h6-7,9,13H,3-5,8,10-11,18H2,1-2H3/t13-/m0/s1. The number of hydrogen-bond donors (Lipinski definition) is 1. The smallest absolute Gasteiger partial charge is 0.340 e. The third kappa shape index (κ3) is 3.59. The third-order valence-electron chi connectivity index (χ3n) is 4.29. The molecule has 0 saturated carbocycles. The Hall–Kier alpha value is -2.04. The molecule has 1 fully saturated rings. The van der Waals surface area contributed by atoms with E-state index in [0.29, 0.717) is 11.3 Å². The Morgan fingerprint density at radius 1 is 1.36 bits per heavy atom. The number of esters is 1. The summed E-state index contributed by atoms with van der Waals surface area (Å²) in [6, 6.07) is 5.47. The number of rotatable bonds is 4. The minimum absolute atomic E-state index is 0.119. The van der Waals surface area contributed by atoms with E-state index in [1.165, 1.54) is 0 Å². The molecule has 0 unspecified atom stereocenters. The van der Waals surface area contributed by atoms with Crippen LogP contribution in [0.5, 0.6) is 0 Å². The maximum absolute atomic E-state index is 12.3. The van der Waals surface area contributed by atoms with Crippen molar-refractivity contribution in [1.29, 1.82) is 0 Å². The van der Waals surface area contributed by atoms with Crippen LogP contribution < -0.4 is 5.73 Å². The summed E-state index contributed by atoms with van der Waals surface area (Å²) in [6.45, 7) is 4.44. The summed E-state index contributed by atoms with van der Waals surface area (Å²) in [5, 5.41) is 0. The Morgan fingerprint density at radius 2 is 2.14 bits per heavy atom. The summed E-state index contributed by atoms with van der Waals surface area (Å²) in [4.78, 5) is 26.2. The summed E-state index contributed by atoms with van der Waals surface area (Å²) in [6.07, 6.45) is 4.13. The molecule has 0 spiro atoms. The normalized spacial score (nSPS) is 18.1. The first-order valence-electron chi connectivity index (χ1n) is 7.86. The number of ether oxygens (including phenoxy) is 1. The second-order valence-corrected chi connectivity index (χ2v) is 5.76. The van der Waals surface area contributed by atoms with Crippen molar-refractivity contribution in [2.45, 2.75) is 45.6 Å². The lowest BCUT2D eigenvalue weighted by atomic mass is 10.00. The number of carbonyl (C=O) groups is 2. The van der Waals surface area contributed by atoms with E-state index in [9.17, 15) is 9.59 Å². The van der Waals surface area contributed by atoms with E-state index in [1.807, 2.05) is 17.9 Å². The van der Waals surface area contributed by atoms with Gasteiger partial charge in [-0.05, 0) is 44.2 Å². The van der Waals surface area contributed by atoms with Crippen molar-refractivity contribution < 1.29 is 14.3 Å². The number of amides is 1. The van der Waals surface area contributed by atoms with Crippen molar-refractivity contribution in [2.75, 3.05) is 18.9 Å². The SMILES string of the molecule is CC[C@H]1CCCCN1C(=O)COC(=O)c1cccc(C)c1N. The first-order chi connectivity index (χ1) is 10.5. The summed E-state index contributed by atoms with van der Waals surface area (Å²) in [5.74, 6) is -0.661. The van der Waals surface area contributed by atoms with Crippen LogP contribution in [0.1, 0.15) is 48.5 Å². The van der Waals surface area contributed by atoms with E-state index in [1.54, 1.807) is 12.1 Å². The maximum Gasteiger partial charge on any atom is 0.340 e. The van der Waals surface area contributed by atoms with E-state index in [-0.39, 0.29) is 18.6 Å². The fraction of sp³-hybridized carbons (Fsp3) is 0.529. The Bertz CT molecular complexity index is 557. The van der Waals surface area contributed by atoms with Crippen LogP contribution in [-0.4, -0.2) is 36.0 Å². The number of carbonyl (C=O) groups excluding carboxylic acids is 2. The van der Waals surface area contributed by atoms with Gasteiger partial charge in [0.25, 0.3) is 5.91 Å². The topological polar surface area (TPSA) is 72.6 Å². The summed E-state index contributed by atoms with van der Waals surface area (Å²) in [5.41, 5.74) is 7.43. The van der Waals surface area contributed by atoms with Gasteiger partial charge in [0.15, 0.2) is 6.61 Å². The number of benzene rings is 1. The van der Waals surface area contributed by atoms with Crippen LogP contribution in [-0.2, 0) is 9.53 Å². The van der Waals surface area contributed by atoms with Crippen LogP contribution in [0.3, 0.4) is 0 Å². The van der Waals surface area contributed by atoms with Gasteiger partial charge in [-0.15, -0.1) is 0 Å². The second kappa shape index (κ2) is 7.29. The second-order valence-electron chi connectivity index (χ2n) is 5.76. The van der Waals surface area contributed by atoms with Crippen molar-refractivity contribution in [3.63, 3.8) is 0 Å². The third-order valence-corrected chi connectivity index (χ3v) is 4.29. The van der Waals surface area contributed by atoms with E-state index in [0.717, 1.165) is 37.8 Å². The lowest BCUT2D eigenvalue weighted by Crippen LogP contribution is -2.45. The highest BCUT2D eigenvalue weighted by atomic mass is 16.5. The molecular formula is C17H24N2O3. The van der Waals surface area contributed by atoms with Crippen molar-refractivity contribution in [3.05, 3.63) is 29.3 Å². The molecule has 5 nitrogen and oxygen atoms in total. The molecule has 2 rings (SSSR count). The number of aryl methyl sites for hydroxylation is 1. The lowest BCUT2D eigenvalue weighted by Gasteiger charge is -2.35. The van der Waals surface area contributed by atoms with E-state index in [4.69, 9.17) is 10.5 Å². The highest BCUT2D eigenvalue weighted by Crippen LogP contribution is 2.20. The minimum Gasteiger partial charge on any atom is -0.452 e. The van der Waals surface area contributed by atoms with E-state index in [2.05, 4.69) is 6.92 Å². The van der Waals surface area contributed by atoms with Crippen LogP contribution in [0, 0.1) is 6.92 Å². The summed E-state index contributed by atoms with van der Waals surface area (Å²) < 4.78 is 5.16. The zero-order valence-electron chi connectivity index (χ0n) is 13.3. The molecule has 5 heteroatoms. The number of piperidine rings is 1. The maximum atomic E-state index is 12.3. The Balaban J connectivity index is 1.95. The fourth-order valence-corrected chi connectivity index (χ4v) is 2.90. The van der Waals surface area contributed by atoms with Gasteiger partial charge in [0.2, 0.25) is 0 Å². The van der Waals surface area contributed by atoms with Crippen LogP contribution in [0.15, 0.2) is 18.2 Å². The number of para-hydroxylation sites is 1. The molecule has 1 saturated heterocycles. The lowest BCUT2D eigenvalue weighted by molar-refractivity contribution is -0.138. The molecule has 1 atom stereocenters. The molecule has 1 aliphatic rings. The molecule has 1 heterocycles. The Kier molecular flexibility index (Phi) is 5.41. The summed E-state index contributed by atoms with van der Waals surface area (Å²) in [7, 11) is 0. The number of anilines is 1. The van der Waals surface area contributed by atoms with Gasteiger partial charge in [0.05, 0.1) is 5.56 Å². The van der Waals surface area contributed by atoms with Gasteiger partial charge in [0, 0.05) is 18.3 Å². The molecule has 1 aromatic carbocycles. The van der Waals surface area contributed by atoms with Crippen LogP contribution >= 0.6 is 0 Å². The summed E-state index contributed by atoms with van der Waals surface area (Å²) >= 11 is 0. The molecule has 1 amide bonds. The van der Waals surface area contributed by atoms with Gasteiger partial charge in [-0.2, -0.15) is 0 Å². The fourth-order valence-electron chi connectivity index (χ4n) is 2.90. The van der Waals surface area contributed by atoms with Crippen molar-refractivity contribution in [3.8, 4) is 0 Å². The van der Waals surface area contributed by atoms with Crippen LogP contribution in [0.25, 0.3) is 0 Å². The number of hydrogen-bond acceptors (Lipinski definition) is 4. The molecule has 0 aromatic heterocycles. The highest BCUT2D eigenvalue weighted by molar-refractivity contribution is 5.96. The first kappa shape index (κ1) is 16.3. The average Bonchev–Trinajstić information content (AvgIpc) is 2.54. The molecule has 22 heavy (non-hydrogen) atoms. The molecule has 2 N–H and O–H groups in total. The minimum atomic E-state index is -0.542. The molecule has 0 aliphatic carbocycles. The van der Waals surface area contributed by atoms with Gasteiger partial charge < -0.3 is 15.4 Å². The zero-order chi connectivity index (χ0) is 16.1. The predicted octanol–water partition coefficient (Wildman–Crippen LogP) is 2.53. The quantitative estimate of drug-likeness (QED) is 0.685.